The van der Waals surface area contributed by atoms with Crippen LogP contribution >= 0.6 is 0 Å². The summed E-state index contributed by atoms with van der Waals surface area (Å²) in [6.45, 7) is 5.39. The molecule has 0 aromatic carbocycles. The molecule has 128 valence electrons. The van der Waals surface area contributed by atoms with E-state index in [1.807, 2.05) is 13.0 Å². The summed E-state index contributed by atoms with van der Waals surface area (Å²) in [4.78, 5) is 36.0. The highest BCUT2D eigenvalue weighted by Gasteiger charge is 2.12. The Morgan fingerprint density at radius 1 is 1.12 bits per heavy atom. The molecule has 0 spiro atoms. The number of nitrogens with zero attached hydrogens (tertiary/aromatic N) is 1. The summed E-state index contributed by atoms with van der Waals surface area (Å²) >= 11 is 0. The van der Waals surface area contributed by atoms with Gasteiger partial charge in [-0.3, -0.25) is 14.4 Å². The van der Waals surface area contributed by atoms with E-state index < -0.39 is 5.56 Å². The largest absolute Gasteiger partial charge is 0.465 e. The number of pyridine rings is 1. The SMILES string of the molecule is CCC(=O)Nc1ccc(C)n(CC(=O)NCc2ccc(C)o2)c1=O. The van der Waals surface area contributed by atoms with E-state index in [2.05, 4.69) is 10.6 Å². The van der Waals surface area contributed by atoms with Crippen molar-refractivity contribution in [2.24, 2.45) is 0 Å². The molecule has 0 fully saturated rings. The maximum absolute atomic E-state index is 12.4. The first kappa shape index (κ1) is 17.5. The molecule has 2 N–H and O–H groups in total. The number of amides is 2. The zero-order valence-electron chi connectivity index (χ0n) is 14.0. The van der Waals surface area contributed by atoms with Gasteiger partial charge >= 0.3 is 0 Å². The highest BCUT2D eigenvalue weighted by molar-refractivity contribution is 5.90. The third kappa shape index (κ3) is 4.34. The number of aryl methyl sites for hydroxylation is 2. The van der Waals surface area contributed by atoms with Crippen molar-refractivity contribution in [2.45, 2.75) is 40.3 Å². The number of anilines is 1. The van der Waals surface area contributed by atoms with Crippen molar-refractivity contribution < 1.29 is 14.0 Å². The summed E-state index contributed by atoms with van der Waals surface area (Å²) in [7, 11) is 0. The molecule has 0 saturated carbocycles. The number of hydrogen-bond acceptors (Lipinski definition) is 4. The van der Waals surface area contributed by atoms with Crippen LogP contribution in [0.1, 0.15) is 30.6 Å². The molecule has 24 heavy (non-hydrogen) atoms. The van der Waals surface area contributed by atoms with Crippen LogP contribution < -0.4 is 16.2 Å². The van der Waals surface area contributed by atoms with Crippen LogP contribution in [-0.4, -0.2) is 16.4 Å². The summed E-state index contributed by atoms with van der Waals surface area (Å²) in [6.07, 6.45) is 0.274. The van der Waals surface area contributed by atoms with Gasteiger partial charge < -0.3 is 19.6 Å². The second-order valence-corrected chi connectivity index (χ2v) is 5.47. The van der Waals surface area contributed by atoms with E-state index in [1.54, 1.807) is 32.0 Å². The summed E-state index contributed by atoms with van der Waals surface area (Å²) in [5.74, 6) is 0.855. The normalized spacial score (nSPS) is 10.5. The fourth-order valence-corrected chi connectivity index (χ4v) is 2.17. The Kier molecular flexibility index (Phi) is 5.57. The fraction of sp³-hybridized carbons (Fsp3) is 0.353. The highest BCUT2D eigenvalue weighted by atomic mass is 16.3. The molecule has 0 saturated heterocycles. The van der Waals surface area contributed by atoms with Gasteiger partial charge in [-0.15, -0.1) is 0 Å². The lowest BCUT2D eigenvalue weighted by atomic mass is 10.3. The van der Waals surface area contributed by atoms with Crippen molar-refractivity contribution >= 4 is 17.5 Å². The number of carbonyl (C=O) groups excluding carboxylic acids is 2. The Morgan fingerprint density at radius 2 is 1.88 bits per heavy atom. The molecule has 2 aromatic rings. The van der Waals surface area contributed by atoms with Gasteiger partial charge in [0.05, 0.1) is 6.54 Å². The number of aromatic nitrogens is 1. The molecule has 2 aromatic heterocycles. The Labute approximate surface area is 139 Å². The quantitative estimate of drug-likeness (QED) is 0.843. The minimum atomic E-state index is -0.402. The Bertz CT molecular complexity index is 804. The zero-order valence-corrected chi connectivity index (χ0v) is 14.0. The molecule has 2 rings (SSSR count). The predicted octanol–water partition coefficient (Wildman–Crippen LogP) is 1.72. The van der Waals surface area contributed by atoms with Gasteiger partial charge in [0.15, 0.2) is 0 Å². The fourth-order valence-electron chi connectivity index (χ4n) is 2.17. The van der Waals surface area contributed by atoms with Crippen LogP contribution in [0.5, 0.6) is 0 Å². The molecule has 0 bridgehead atoms. The van der Waals surface area contributed by atoms with E-state index in [-0.39, 0.29) is 37.0 Å². The van der Waals surface area contributed by atoms with E-state index >= 15 is 0 Å². The molecule has 0 aliphatic heterocycles. The molecule has 2 heterocycles. The smallest absolute Gasteiger partial charge is 0.274 e. The molecule has 0 unspecified atom stereocenters. The van der Waals surface area contributed by atoms with Crippen LogP contribution in [0.25, 0.3) is 0 Å². The van der Waals surface area contributed by atoms with Gasteiger partial charge in [0, 0.05) is 12.1 Å². The highest BCUT2D eigenvalue weighted by Crippen LogP contribution is 2.06. The van der Waals surface area contributed by atoms with Crippen LogP contribution in [0.2, 0.25) is 0 Å². The second-order valence-electron chi connectivity index (χ2n) is 5.47. The predicted molar refractivity (Wildman–Crippen MR) is 89.7 cm³/mol. The molecule has 7 heteroatoms. The molecule has 0 aliphatic rings. The maximum atomic E-state index is 12.4. The van der Waals surface area contributed by atoms with Crippen molar-refractivity contribution in [1.82, 2.24) is 9.88 Å². The van der Waals surface area contributed by atoms with Gasteiger partial charge in [-0.2, -0.15) is 0 Å². The van der Waals surface area contributed by atoms with Crippen LogP contribution in [0.4, 0.5) is 5.69 Å². The molecule has 7 nitrogen and oxygen atoms in total. The first-order valence-corrected chi connectivity index (χ1v) is 7.73. The van der Waals surface area contributed by atoms with Gasteiger partial charge in [-0.05, 0) is 38.1 Å². The van der Waals surface area contributed by atoms with E-state index in [9.17, 15) is 14.4 Å². The topological polar surface area (TPSA) is 93.3 Å². The first-order valence-electron chi connectivity index (χ1n) is 7.73. The third-order valence-electron chi connectivity index (χ3n) is 3.55. The lowest BCUT2D eigenvalue weighted by Gasteiger charge is -2.12. The summed E-state index contributed by atoms with van der Waals surface area (Å²) in [5, 5.41) is 5.25. The van der Waals surface area contributed by atoms with Crippen LogP contribution in [0.3, 0.4) is 0 Å². The Balaban J connectivity index is 2.07. The summed E-state index contributed by atoms with van der Waals surface area (Å²) in [5.41, 5.74) is 0.404. The van der Waals surface area contributed by atoms with Crippen LogP contribution in [0.15, 0.2) is 33.5 Å². The second kappa shape index (κ2) is 7.63. The number of carbonyl (C=O) groups is 2. The van der Waals surface area contributed by atoms with E-state index in [0.29, 0.717) is 11.5 Å². The average Bonchev–Trinajstić information content (AvgIpc) is 2.97. The average molecular weight is 331 g/mol. The van der Waals surface area contributed by atoms with Crippen molar-refractivity contribution in [1.29, 1.82) is 0 Å². The number of nitrogens with one attached hydrogen (secondary N) is 2. The molecule has 2 amide bonds. The zero-order chi connectivity index (χ0) is 17.7. The number of rotatable bonds is 6. The molecule has 0 radical (unpaired) electrons. The van der Waals surface area contributed by atoms with E-state index in [0.717, 1.165) is 5.76 Å². The third-order valence-corrected chi connectivity index (χ3v) is 3.55. The minimum Gasteiger partial charge on any atom is -0.465 e. The number of hydrogen-bond donors (Lipinski definition) is 2. The Morgan fingerprint density at radius 3 is 2.50 bits per heavy atom. The standard InChI is InChI=1S/C17H21N3O4/c1-4-15(21)19-14-8-5-11(2)20(17(14)23)10-16(22)18-9-13-7-6-12(3)24-13/h5-8H,4,9-10H2,1-3H3,(H,18,22)(H,19,21). The number of furan rings is 1. The first-order chi connectivity index (χ1) is 11.4. The van der Waals surface area contributed by atoms with Gasteiger partial charge in [0.25, 0.3) is 5.56 Å². The molecule has 0 atom stereocenters. The Hall–Kier alpha value is -2.83. The van der Waals surface area contributed by atoms with Crippen LogP contribution in [-0.2, 0) is 22.7 Å². The molecular weight excluding hydrogens is 310 g/mol. The lowest BCUT2D eigenvalue weighted by Crippen LogP contribution is -2.34. The lowest BCUT2D eigenvalue weighted by molar-refractivity contribution is -0.122. The van der Waals surface area contributed by atoms with Gasteiger partial charge in [-0.25, -0.2) is 0 Å². The van der Waals surface area contributed by atoms with Gasteiger partial charge in [0.2, 0.25) is 11.8 Å². The monoisotopic (exact) mass is 331 g/mol. The van der Waals surface area contributed by atoms with Crippen molar-refractivity contribution in [3.05, 3.63) is 51.8 Å². The van der Waals surface area contributed by atoms with Gasteiger partial charge in [0.1, 0.15) is 23.8 Å². The summed E-state index contributed by atoms with van der Waals surface area (Å²) < 4.78 is 6.70. The van der Waals surface area contributed by atoms with Crippen molar-refractivity contribution in [2.75, 3.05) is 5.32 Å². The van der Waals surface area contributed by atoms with Gasteiger partial charge in [-0.1, -0.05) is 6.92 Å². The minimum absolute atomic E-state index is 0.125. The maximum Gasteiger partial charge on any atom is 0.274 e. The van der Waals surface area contributed by atoms with Crippen molar-refractivity contribution in [3.63, 3.8) is 0 Å². The molecular formula is C17H21N3O4. The van der Waals surface area contributed by atoms with Crippen LogP contribution in [0, 0.1) is 13.8 Å². The van der Waals surface area contributed by atoms with E-state index in [1.165, 1.54) is 4.57 Å². The van der Waals surface area contributed by atoms with Crippen molar-refractivity contribution in [3.8, 4) is 0 Å². The summed E-state index contributed by atoms with van der Waals surface area (Å²) in [6, 6.07) is 6.84. The molecule has 0 aliphatic carbocycles. The van der Waals surface area contributed by atoms with E-state index in [4.69, 9.17) is 4.42 Å².